The van der Waals surface area contributed by atoms with Crippen LogP contribution in [0.4, 0.5) is 0 Å². The van der Waals surface area contributed by atoms with Crippen molar-refractivity contribution in [2.24, 2.45) is 17.8 Å². The van der Waals surface area contributed by atoms with Gasteiger partial charge in [0.25, 0.3) is 0 Å². The molecule has 2 heterocycles. The highest BCUT2D eigenvalue weighted by Crippen LogP contribution is 2.52. The summed E-state index contributed by atoms with van der Waals surface area (Å²) in [5.74, 6) is -3.57. The summed E-state index contributed by atoms with van der Waals surface area (Å²) in [6.45, 7) is 6.01. The molecule has 2 amide bonds. The molecule has 0 bridgehead atoms. The van der Waals surface area contributed by atoms with Gasteiger partial charge in [-0.25, -0.2) is 0 Å². The number of likely N-dealkylation sites (tertiary alicyclic amines) is 1. The van der Waals surface area contributed by atoms with Crippen LogP contribution in [0.15, 0.2) is 18.2 Å². The number of nitrogens with zero attached hydrogens (tertiary/aromatic N) is 1. The lowest BCUT2D eigenvalue weighted by atomic mass is 9.75. The number of ether oxygens (including phenoxy) is 1. The van der Waals surface area contributed by atoms with Crippen LogP contribution in [0.2, 0.25) is 0 Å². The second-order valence-corrected chi connectivity index (χ2v) is 8.61. The highest BCUT2D eigenvalue weighted by molar-refractivity contribution is 6.09. The Balaban J connectivity index is 2.12. The van der Waals surface area contributed by atoms with Crippen molar-refractivity contribution in [2.75, 3.05) is 13.7 Å². The molecular formula is C22H30N2O6. The van der Waals surface area contributed by atoms with E-state index in [1.807, 2.05) is 20.8 Å². The molecule has 2 fully saturated rings. The van der Waals surface area contributed by atoms with Crippen molar-refractivity contribution in [3.8, 4) is 11.5 Å². The number of carbonyl (C=O) groups excluding carboxylic acids is 2. The number of hydrogen-bond acceptors (Lipinski definition) is 6. The van der Waals surface area contributed by atoms with E-state index in [1.54, 1.807) is 12.1 Å². The predicted octanol–water partition coefficient (Wildman–Crippen LogP) is 2.32. The second-order valence-electron chi connectivity index (χ2n) is 8.61. The number of aromatic hydroxyl groups is 1. The monoisotopic (exact) mass is 418 g/mol. The van der Waals surface area contributed by atoms with Crippen LogP contribution in [0.25, 0.3) is 0 Å². The third kappa shape index (κ3) is 3.43. The van der Waals surface area contributed by atoms with Gasteiger partial charge in [0.1, 0.15) is 17.0 Å². The van der Waals surface area contributed by atoms with Crippen molar-refractivity contribution >= 4 is 17.8 Å². The lowest BCUT2D eigenvalue weighted by Crippen LogP contribution is -2.56. The maximum Gasteiger partial charge on any atom is 0.324 e. The van der Waals surface area contributed by atoms with Crippen LogP contribution in [0.1, 0.15) is 51.6 Å². The fourth-order valence-corrected chi connectivity index (χ4v) is 4.90. The molecule has 0 spiro atoms. The Morgan fingerprint density at radius 2 is 2.00 bits per heavy atom. The Bertz CT molecular complexity index is 854. The van der Waals surface area contributed by atoms with Crippen LogP contribution < -0.4 is 10.1 Å². The van der Waals surface area contributed by atoms with Gasteiger partial charge in [0.2, 0.25) is 11.8 Å². The molecule has 0 unspecified atom stereocenters. The number of imide groups is 1. The number of fused-ring (bicyclic) bond motifs is 1. The Hall–Kier alpha value is -2.61. The van der Waals surface area contributed by atoms with E-state index in [9.17, 15) is 24.6 Å². The van der Waals surface area contributed by atoms with Crippen molar-refractivity contribution in [3.05, 3.63) is 23.8 Å². The van der Waals surface area contributed by atoms with Gasteiger partial charge in [0.05, 0.1) is 18.9 Å². The van der Waals surface area contributed by atoms with E-state index >= 15 is 0 Å². The third-order valence-corrected chi connectivity index (χ3v) is 6.17. The van der Waals surface area contributed by atoms with E-state index < -0.39 is 35.3 Å². The molecule has 8 heteroatoms. The molecule has 0 aromatic heterocycles. The number of amides is 2. The van der Waals surface area contributed by atoms with Gasteiger partial charge < -0.3 is 14.9 Å². The number of phenols is 1. The first kappa shape index (κ1) is 22.1. The van der Waals surface area contributed by atoms with Crippen LogP contribution in [-0.4, -0.2) is 52.1 Å². The van der Waals surface area contributed by atoms with Gasteiger partial charge in [-0.15, -0.1) is 0 Å². The maximum atomic E-state index is 13.3. The van der Waals surface area contributed by atoms with Gasteiger partial charge >= 0.3 is 5.97 Å². The summed E-state index contributed by atoms with van der Waals surface area (Å²) in [5.41, 5.74) is -1.19. The van der Waals surface area contributed by atoms with Gasteiger partial charge in [-0.2, -0.15) is 0 Å². The van der Waals surface area contributed by atoms with E-state index in [4.69, 9.17) is 4.74 Å². The molecule has 8 nitrogen and oxygen atoms in total. The first-order valence-electron chi connectivity index (χ1n) is 10.4. The lowest BCUT2D eigenvalue weighted by molar-refractivity contribution is -0.152. The highest BCUT2D eigenvalue weighted by Gasteiger charge is 2.68. The van der Waals surface area contributed by atoms with Crippen molar-refractivity contribution in [1.82, 2.24) is 10.2 Å². The van der Waals surface area contributed by atoms with Gasteiger partial charge in [0, 0.05) is 24.2 Å². The quantitative estimate of drug-likeness (QED) is 0.555. The molecule has 4 atom stereocenters. The Labute approximate surface area is 176 Å². The predicted molar refractivity (Wildman–Crippen MR) is 109 cm³/mol. The lowest BCUT2D eigenvalue weighted by Gasteiger charge is -2.32. The zero-order valence-electron chi connectivity index (χ0n) is 17.8. The molecule has 3 rings (SSSR count). The Morgan fingerprint density at radius 1 is 1.30 bits per heavy atom. The number of phenolic OH excluding ortho intramolecular Hbond substituents is 1. The first-order valence-corrected chi connectivity index (χ1v) is 10.4. The fourth-order valence-electron chi connectivity index (χ4n) is 4.90. The highest BCUT2D eigenvalue weighted by atomic mass is 16.5. The summed E-state index contributed by atoms with van der Waals surface area (Å²) in [6, 6.07) is 3.89. The smallest absolute Gasteiger partial charge is 0.324 e. The van der Waals surface area contributed by atoms with E-state index in [0.717, 1.165) is 6.42 Å². The average molecular weight is 418 g/mol. The molecule has 1 aromatic rings. The van der Waals surface area contributed by atoms with E-state index in [2.05, 4.69) is 5.32 Å². The molecule has 0 saturated carbocycles. The fraction of sp³-hybridized carbons (Fsp3) is 0.591. The van der Waals surface area contributed by atoms with E-state index in [-0.39, 0.29) is 30.5 Å². The molecule has 0 radical (unpaired) electrons. The zero-order valence-corrected chi connectivity index (χ0v) is 17.8. The number of carboxylic acid groups (broad SMARTS) is 1. The summed E-state index contributed by atoms with van der Waals surface area (Å²) >= 11 is 0. The second kappa shape index (κ2) is 8.26. The minimum Gasteiger partial charge on any atom is -0.507 e. The summed E-state index contributed by atoms with van der Waals surface area (Å²) < 4.78 is 5.13. The van der Waals surface area contributed by atoms with Gasteiger partial charge in [-0.1, -0.05) is 33.3 Å². The summed E-state index contributed by atoms with van der Waals surface area (Å²) in [4.78, 5) is 40.3. The molecule has 3 N–H and O–H groups in total. The average Bonchev–Trinajstić information content (AvgIpc) is 3.14. The third-order valence-electron chi connectivity index (χ3n) is 6.17. The minimum absolute atomic E-state index is 0.0231. The van der Waals surface area contributed by atoms with Crippen LogP contribution >= 0.6 is 0 Å². The Kier molecular flexibility index (Phi) is 6.08. The van der Waals surface area contributed by atoms with E-state index in [1.165, 1.54) is 18.1 Å². The van der Waals surface area contributed by atoms with Crippen molar-refractivity contribution in [2.45, 2.75) is 51.6 Å². The molecule has 1 aromatic carbocycles. The van der Waals surface area contributed by atoms with Crippen LogP contribution in [-0.2, 0) is 14.4 Å². The van der Waals surface area contributed by atoms with Crippen LogP contribution in [0.5, 0.6) is 11.5 Å². The number of rotatable bonds is 8. The standard InChI is InChI=1S/C22H30N2O6/c1-5-6-9-24-19(26)16-17(20(24)27)22(21(28)29,11-12(2)3)23-18(16)14-8-7-13(30-4)10-15(14)25/h7-8,10,12,16-18,23,25H,5-6,9,11H2,1-4H3,(H,28,29)/t16-,17-,18-,22-/m0/s1. The minimum atomic E-state index is -1.58. The van der Waals surface area contributed by atoms with Crippen molar-refractivity contribution < 1.29 is 29.3 Å². The van der Waals surface area contributed by atoms with Gasteiger partial charge in [0.15, 0.2) is 0 Å². The molecular weight excluding hydrogens is 388 g/mol. The summed E-state index contributed by atoms with van der Waals surface area (Å²) in [6.07, 6.45) is 1.66. The SMILES string of the molecule is CCCCN1C(=O)[C@H]2[C@@H](C1=O)[C@@](CC(C)C)(C(=O)O)N[C@H]2c1ccc(OC)cc1O. The Morgan fingerprint density at radius 3 is 2.53 bits per heavy atom. The number of benzene rings is 1. The van der Waals surface area contributed by atoms with Crippen molar-refractivity contribution in [3.63, 3.8) is 0 Å². The van der Waals surface area contributed by atoms with E-state index in [0.29, 0.717) is 17.7 Å². The summed E-state index contributed by atoms with van der Waals surface area (Å²) in [7, 11) is 1.47. The van der Waals surface area contributed by atoms with Gasteiger partial charge in [-0.05, 0) is 24.8 Å². The zero-order chi connectivity index (χ0) is 22.2. The number of carbonyl (C=O) groups is 3. The molecule has 0 aliphatic carbocycles. The molecule has 30 heavy (non-hydrogen) atoms. The number of carboxylic acids is 1. The number of methoxy groups -OCH3 is 1. The number of hydrogen-bond donors (Lipinski definition) is 3. The molecule has 2 aliphatic heterocycles. The number of aliphatic carboxylic acids is 1. The van der Waals surface area contributed by atoms with Gasteiger partial charge in [-0.3, -0.25) is 24.6 Å². The number of unbranched alkanes of at least 4 members (excludes halogenated alkanes) is 1. The van der Waals surface area contributed by atoms with Crippen LogP contribution in [0, 0.1) is 17.8 Å². The topological polar surface area (TPSA) is 116 Å². The van der Waals surface area contributed by atoms with Crippen molar-refractivity contribution in [1.29, 1.82) is 0 Å². The van der Waals surface area contributed by atoms with Crippen LogP contribution in [0.3, 0.4) is 0 Å². The molecule has 2 saturated heterocycles. The number of nitrogens with one attached hydrogen (secondary N) is 1. The molecule has 164 valence electrons. The maximum absolute atomic E-state index is 13.3. The first-order chi connectivity index (χ1) is 14.2. The summed E-state index contributed by atoms with van der Waals surface area (Å²) in [5, 5.41) is 23.9. The normalized spacial score (nSPS) is 28.3. The molecule has 2 aliphatic rings. The largest absolute Gasteiger partial charge is 0.507 e.